The van der Waals surface area contributed by atoms with Crippen LogP contribution < -0.4 is 5.73 Å². The number of carbonyl (C=O) groups is 1. The third-order valence-corrected chi connectivity index (χ3v) is 1.85. The maximum absolute atomic E-state index is 11.3. The van der Waals surface area contributed by atoms with Crippen molar-refractivity contribution >= 4 is 18.6 Å². The number of rotatable bonds is 4. The maximum Gasteiger partial charge on any atom is 0.324 e. The molecular formula is C9H19NO2S. The third-order valence-electron chi connectivity index (χ3n) is 1.57. The zero-order chi connectivity index (χ0) is 10.6. The standard InChI is InChI=1S/C9H19NO2S/c1-6(2)5-12-8(11)7(10)9(3,4)13/h6-7,13H,5,10H2,1-4H3. The molecule has 0 aliphatic heterocycles. The molecule has 0 aliphatic carbocycles. The van der Waals surface area contributed by atoms with Gasteiger partial charge in [0.15, 0.2) is 0 Å². The summed E-state index contributed by atoms with van der Waals surface area (Å²) in [4.78, 5) is 11.3. The van der Waals surface area contributed by atoms with Crippen LogP contribution in [0.3, 0.4) is 0 Å². The van der Waals surface area contributed by atoms with Crippen LogP contribution in [0.5, 0.6) is 0 Å². The normalized spacial score (nSPS) is 14.4. The van der Waals surface area contributed by atoms with Crippen LogP contribution >= 0.6 is 12.6 Å². The highest BCUT2D eigenvalue weighted by Crippen LogP contribution is 2.16. The Hall–Kier alpha value is -0.220. The largest absolute Gasteiger partial charge is 0.464 e. The van der Waals surface area contributed by atoms with E-state index in [1.54, 1.807) is 13.8 Å². The first kappa shape index (κ1) is 12.8. The predicted octanol–water partition coefficient (Wildman–Crippen LogP) is 1.22. The Labute approximate surface area is 85.4 Å². The molecule has 1 atom stereocenters. The van der Waals surface area contributed by atoms with Crippen LogP contribution in [-0.4, -0.2) is 23.4 Å². The van der Waals surface area contributed by atoms with Crippen LogP contribution in [0, 0.1) is 5.92 Å². The molecule has 0 heterocycles. The van der Waals surface area contributed by atoms with E-state index in [9.17, 15) is 4.79 Å². The number of carbonyl (C=O) groups excluding carboxylic acids is 1. The number of nitrogens with two attached hydrogens (primary N) is 1. The van der Waals surface area contributed by atoms with Crippen molar-refractivity contribution in [1.82, 2.24) is 0 Å². The Morgan fingerprint density at radius 3 is 2.31 bits per heavy atom. The average molecular weight is 205 g/mol. The first-order chi connectivity index (χ1) is 5.75. The van der Waals surface area contributed by atoms with E-state index in [1.165, 1.54) is 0 Å². The van der Waals surface area contributed by atoms with E-state index >= 15 is 0 Å². The molecule has 2 N–H and O–H groups in total. The molecule has 0 aliphatic rings. The van der Waals surface area contributed by atoms with Crippen molar-refractivity contribution < 1.29 is 9.53 Å². The smallest absolute Gasteiger partial charge is 0.324 e. The molecular weight excluding hydrogens is 186 g/mol. The quantitative estimate of drug-likeness (QED) is 0.536. The van der Waals surface area contributed by atoms with E-state index in [0.29, 0.717) is 12.5 Å². The fraction of sp³-hybridized carbons (Fsp3) is 0.889. The fourth-order valence-corrected chi connectivity index (χ4v) is 0.732. The molecule has 3 nitrogen and oxygen atoms in total. The van der Waals surface area contributed by atoms with Gasteiger partial charge in [0.05, 0.1) is 6.61 Å². The van der Waals surface area contributed by atoms with Crippen LogP contribution in [0.4, 0.5) is 0 Å². The van der Waals surface area contributed by atoms with E-state index in [0.717, 1.165) is 0 Å². The first-order valence-corrected chi connectivity index (χ1v) is 4.84. The van der Waals surface area contributed by atoms with Crippen LogP contribution in [0.25, 0.3) is 0 Å². The van der Waals surface area contributed by atoms with Crippen molar-refractivity contribution in [3.8, 4) is 0 Å². The SMILES string of the molecule is CC(C)COC(=O)C(N)C(C)(C)S. The second-order valence-corrected chi connectivity index (χ2v) is 5.31. The summed E-state index contributed by atoms with van der Waals surface area (Å²) in [5.74, 6) is -0.0483. The van der Waals surface area contributed by atoms with E-state index < -0.39 is 10.8 Å². The zero-order valence-electron chi connectivity index (χ0n) is 8.70. The Bertz CT molecular complexity index is 175. The minimum atomic E-state index is -0.672. The van der Waals surface area contributed by atoms with Gasteiger partial charge in [-0.1, -0.05) is 13.8 Å². The zero-order valence-corrected chi connectivity index (χ0v) is 9.60. The molecule has 13 heavy (non-hydrogen) atoms. The van der Waals surface area contributed by atoms with Gasteiger partial charge in [0, 0.05) is 4.75 Å². The van der Waals surface area contributed by atoms with Crippen molar-refractivity contribution in [3.63, 3.8) is 0 Å². The highest BCUT2D eigenvalue weighted by atomic mass is 32.1. The minimum absolute atomic E-state index is 0.333. The van der Waals surface area contributed by atoms with Crippen molar-refractivity contribution in [2.45, 2.75) is 38.5 Å². The Morgan fingerprint density at radius 1 is 1.54 bits per heavy atom. The van der Waals surface area contributed by atoms with Gasteiger partial charge < -0.3 is 10.5 Å². The molecule has 0 rings (SSSR count). The number of hydrogen-bond donors (Lipinski definition) is 2. The number of thiol groups is 1. The van der Waals surface area contributed by atoms with Gasteiger partial charge in [-0.25, -0.2) is 0 Å². The maximum atomic E-state index is 11.3. The molecule has 0 aromatic heterocycles. The van der Waals surface area contributed by atoms with Gasteiger partial charge in [-0.15, -0.1) is 0 Å². The molecule has 0 aromatic rings. The lowest BCUT2D eigenvalue weighted by molar-refractivity contribution is -0.146. The summed E-state index contributed by atoms with van der Waals surface area (Å²) in [6.45, 7) is 7.94. The van der Waals surface area contributed by atoms with Gasteiger partial charge in [-0.3, -0.25) is 4.79 Å². The molecule has 0 saturated carbocycles. The molecule has 0 aromatic carbocycles. The van der Waals surface area contributed by atoms with E-state index in [-0.39, 0.29) is 5.97 Å². The Balaban J connectivity index is 3.98. The summed E-state index contributed by atoms with van der Waals surface area (Å²) in [7, 11) is 0. The van der Waals surface area contributed by atoms with Gasteiger partial charge >= 0.3 is 5.97 Å². The molecule has 78 valence electrons. The van der Waals surface area contributed by atoms with Crippen molar-refractivity contribution in [2.75, 3.05) is 6.61 Å². The van der Waals surface area contributed by atoms with Gasteiger partial charge in [-0.05, 0) is 19.8 Å². The van der Waals surface area contributed by atoms with Gasteiger partial charge in [0.25, 0.3) is 0 Å². The van der Waals surface area contributed by atoms with Crippen molar-refractivity contribution in [2.24, 2.45) is 11.7 Å². The number of hydrogen-bond acceptors (Lipinski definition) is 4. The Kier molecular flexibility index (Phi) is 4.78. The molecule has 0 radical (unpaired) electrons. The summed E-state index contributed by atoms with van der Waals surface area (Å²) in [5, 5.41) is 0. The highest BCUT2D eigenvalue weighted by molar-refractivity contribution is 7.81. The molecule has 1 unspecified atom stereocenters. The summed E-state index contributed by atoms with van der Waals surface area (Å²) < 4.78 is 4.45. The Morgan fingerprint density at radius 2 is 2.00 bits per heavy atom. The van der Waals surface area contributed by atoms with E-state index in [1.807, 2.05) is 13.8 Å². The molecule has 0 fully saturated rings. The first-order valence-electron chi connectivity index (χ1n) is 4.39. The fourth-order valence-electron chi connectivity index (χ4n) is 0.627. The number of ether oxygens (including phenoxy) is 1. The average Bonchev–Trinajstić information content (AvgIpc) is 1.96. The molecule has 0 saturated heterocycles. The minimum Gasteiger partial charge on any atom is -0.464 e. The monoisotopic (exact) mass is 205 g/mol. The lowest BCUT2D eigenvalue weighted by Gasteiger charge is -2.24. The van der Waals surface area contributed by atoms with E-state index in [2.05, 4.69) is 12.6 Å². The van der Waals surface area contributed by atoms with Crippen LogP contribution in [-0.2, 0) is 9.53 Å². The van der Waals surface area contributed by atoms with Gasteiger partial charge in [0.2, 0.25) is 0 Å². The summed E-state index contributed by atoms with van der Waals surface area (Å²) in [6, 6.07) is -0.672. The summed E-state index contributed by atoms with van der Waals surface area (Å²) in [6.07, 6.45) is 0. The lowest BCUT2D eigenvalue weighted by Crippen LogP contribution is -2.46. The van der Waals surface area contributed by atoms with Crippen LogP contribution in [0.2, 0.25) is 0 Å². The highest BCUT2D eigenvalue weighted by Gasteiger charge is 2.29. The molecule has 0 amide bonds. The molecule has 4 heteroatoms. The van der Waals surface area contributed by atoms with Crippen LogP contribution in [0.1, 0.15) is 27.7 Å². The van der Waals surface area contributed by atoms with Gasteiger partial charge in [0.1, 0.15) is 6.04 Å². The van der Waals surface area contributed by atoms with Crippen LogP contribution in [0.15, 0.2) is 0 Å². The lowest BCUT2D eigenvalue weighted by atomic mass is 10.0. The molecule has 0 bridgehead atoms. The van der Waals surface area contributed by atoms with E-state index in [4.69, 9.17) is 10.5 Å². The summed E-state index contributed by atoms with van der Waals surface area (Å²) in [5.41, 5.74) is 5.63. The number of esters is 1. The molecule has 0 spiro atoms. The second kappa shape index (κ2) is 4.86. The third kappa shape index (κ3) is 5.16. The topological polar surface area (TPSA) is 52.3 Å². The van der Waals surface area contributed by atoms with Crippen molar-refractivity contribution in [3.05, 3.63) is 0 Å². The summed E-state index contributed by atoms with van der Waals surface area (Å²) >= 11 is 4.21. The van der Waals surface area contributed by atoms with Gasteiger partial charge in [-0.2, -0.15) is 12.6 Å². The second-order valence-electron chi connectivity index (χ2n) is 4.16. The predicted molar refractivity (Wildman–Crippen MR) is 56.8 cm³/mol. The van der Waals surface area contributed by atoms with Crippen molar-refractivity contribution in [1.29, 1.82) is 0 Å².